The van der Waals surface area contributed by atoms with Crippen LogP contribution in [0.2, 0.25) is 0 Å². The normalized spacial score (nSPS) is 12.3. The van der Waals surface area contributed by atoms with Gasteiger partial charge in [0.05, 0.1) is 0 Å². The van der Waals surface area contributed by atoms with Gasteiger partial charge in [0.15, 0.2) is 0 Å². The van der Waals surface area contributed by atoms with Crippen LogP contribution in [0.1, 0.15) is 30.0 Å². The maximum Gasteiger partial charge on any atom is 0.0110 e. The van der Waals surface area contributed by atoms with Crippen molar-refractivity contribution in [3.05, 3.63) is 71.3 Å². The molecule has 2 rings (SSSR count). The van der Waals surface area contributed by atoms with E-state index in [1.807, 2.05) is 0 Å². The van der Waals surface area contributed by atoms with Crippen molar-refractivity contribution in [2.45, 2.75) is 39.2 Å². The number of rotatable bonds is 7. The maximum atomic E-state index is 3.62. The Hall–Kier alpha value is -1.60. The Morgan fingerprint density at radius 2 is 1.60 bits per heavy atom. The average Bonchev–Trinajstić information content (AvgIpc) is 2.48. The first-order chi connectivity index (χ1) is 9.78. The van der Waals surface area contributed by atoms with Gasteiger partial charge in [-0.2, -0.15) is 0 Å². The van der Waals surface area contributed by atoms with Crippen LogP contribution in [0.15, 0.2) is 54.6 Å². The third-order valence-corrected chi connectivity index (χ3v) is 3.72. The fourth-order valence-corrected chi connectivity index (χ4v) is 2.56. The number of nitrogens with one attached hydrogen (secondary N) is 1. The van der Waals surface area contributed by atoms with Crippen LogP contribution in [-0.4, -0.2) is 12.6 Å². The van der Waals surface area contributed by atoms with Crippen LogP contribution < -0.4 is 5.32 Å². The van der Waals surface area contributed by atoms with E-state index in [4.69, 9.17) is 0 Å². The van der Waals surface area contributed by atoms with Gasteiger partial charge in [-0.3, -0.25) is 0 Å². The highest BCUT2D eigenvalue weighted by Gasteiger charge is 2.08. The molecule has 0 radical (unpaired) electrons. The summed E-state index contributed by atoms with van der Waals surface area (Å²) in [5, 5.41) is 3.62. The van der Waals surface area contributed by atoms with Crippen LogP contribution >= 0.6 is 0 Å². The van der Waals surface area contributed by atoms with Gasteiger partial charge >= 0.3 is 0 Å². The standard InChI is InChI=1S/C19H25N/c1-3-20-19(14-13-17-7-5-4-6-8-17)15-18-11-9-16(2)10-12-18/h4-12,19-20H,3,13-15H2,1-2H3. The lowest BCUT2D eigenvalue weighted by Crippen LogP contribution is -2.31. The van der Waals surface area contributed by atoms with Crippen molar-refractivity contribution in [3.8, 4) is 0 Å². The molecule has 0 heterocycles. The quantitative estimate of drug-likeness (QED) is 0.794. The number of hydrogen-bond donors (Lipinski definition) is 1. The number of aryl methyl sites for hydroxylation is 2. The molecule has 0 aromatic heterocycles. The van der Waals surface area contributed by atoms with E-state index >= 15 is 0 Å². The molecule has 20 heavy (non-hydrogen) atoms. The van der Waals surface area contributed by atoms with Crippen LogP contribution in [0.25, 0.3) is 0 Å². The highest BCUT2D eigenvalue weighted by molar-refractivity contribution is 5.22. The van der Waals surface area contributed by atoms with Gasteiger partial charge < -0.3 is 5.32 Å². The predicted octanol–water partition coefficient (Wildman–Crippen LogP) is 4.15. The van der Waals surface area contributed by atoms with Gasteiger partial charge in [-0.05, 0) is 43.9 Å². The summed E-state index contributed by atoms with van der Waals surface area (Å²) < 4.78 is 0. The van der Waals surface area contributed by atoms with Gasteiger partial charge in [0.2, 0.25) is 0 Å². The molecular formula is C19H25N. The van der Waals surface area contributed by atoms with Gasteiger partial charge in [-0.1, -0.05) is 67.1 Å². The lowest BCUT2D eigenvalue weighted by molar-refractivity contribution is 0.491. The second kappa shape index (κ2) is 7.86. The van der Waals surface area contributed by atoms with E-state index in [-0.39, 0.29) is 0 Å². The van der Waals surface area contributed by atoms with Crippen LogP contribution in [0, 0.1) is 6.92 Å². The van der Waals surface area contributed by atoms with Crippen LogP contribution in [-0.2, 0) is 12.8 Å². The van der Waals surface area contributed by atoms with Gasteiger partial charge in [0, 0.05) is 6.04 Å². The van der Waals surface area contributed by atoms with Gasteiger partial charge in [0.1, 0.15) is 0 Å². The average molecular weight is 267 g/mol. The molecule has 0 aliphatic heterocycles. The van der Waals surface area contributed by atoms with Crippen LogP contribution in [0.3, 0.4) is 0 Å². The van der Waals surface area contributed by atoms with Gasteiger partial charge in [0.25, 0.3) is 0 Å². The summed E-state index contributed by atoms with van der Waals surface area (Å²) in [6.45, 7) is 5.36. The minimum atomic E-state index is 0.558. The molecule has 106 valence electrons. The molecule has 0 fully saturated rings. The molecule has 0 saturated carbocycles. The van der Waals surface area contributed by atoms with E-state index in [1.165, 1.54) is 23.1 Å². The first kappa shape index (κ1) is 14.8. The van der Waals surface area contributed by atoms with E-state index in [0.29, 0.717) is 6.04 Å². The van der Waals surface area contributed by atoms with Crippen molar-refractivity contribution >= 4 is 0 Å². The topological polar surface area (TPSA) is 12.0 Å². The van der Waals surface area contributed by atoms with E-state index in [2.05, 4.69) is 73.8 Å². The second-order valence-corrected chi connectivity index (χ2v) is 5.47. The molecule has 1 nitrogen and oxygen atoms in total. The number of benzene rings is 2. The summed E-state index contributed by atoms with van der Waals surface area (Å²) in [6.07, 6.45) is 3.44. The zero-order valence-electron chi connectivity index (χ0n) is 12.6. The van der Waals surface area contributed by atoms with Crippen LogP contribution in [0.5, 0.6) is 0 Å². The van der Waals surface area contributed by atoms with E-state index in [9.17, 15) is 0 Å². The smallest absolute Gasteiger partial charge is 0.0110 e. The van der Waals surface area contributed by atoms with E-state index in [1.54, 1.807) is 0 Å². The Morgan fingerprint density at radius 3 is 2.25 bits per heavy atom. The molecular weight excluding hydrogens is 242 g/mol. The van der Waals surface area contributed by atoms with Crippen molar-refractivity contribution in [1.82, 2.24) is 5.32 Å². The maximum absolute atomic E-state index is 3.62. The Kier molecular flexibility index (Phi) is 5.82. The van der Waals surface area contributed by atoms with E-state index in [0.717, 1.165) is 19.4 Å². The van der Waals surface area contributed by atoms with Gasteiger partial charge in [-0.25, -0.2) is 0 Å². The van der Waals surface area contributed by atoms with Crippen molar-refractivity contribution in [1.29, 1.82) is 0 Å². The first-order valence-electron chi connectivity index (χ1n) is 7.60. The minimum Gasteiger partial charge on any atom is -0.314 e. The zero-order chi connectivity index (χ0) is 14.2. The Balaban J connectivity index is 1.91. The Labute approximate surface area is 123 Å². The molecule has 0 amide bonds. The third-order valence-electron chi connectivity index (χ3n) is 3.72. The summed E-state index contributed by atoms with van der Waals surface area (Å²) in [5.74, 6) is 0. The minimum absolute atomic E-state index is 0.558. The largest absolute Gasteiger partial charge is 0.314 e. The Bertz CT molecular complexity index is 487. The van der Waals surface area contributed by atoms with Crippen LogP contribution in [0.4, 0.5) is 0 Å². The molecule has 0 aliphatic carbocycles. The fraction of sp³-hybridized carbons (Fsp3) is 0.368. The molecule has 1 heteroatoms. The highest BCUT2D eigenvalue weighted by Crippen LogP contribution is 2.11. The van der Waals surface area contributed by atoms with Crippen molar-refractivity contribution in [2.75, 3.05) is 6.54 Å². The Morgan fingerprint density at radius 1 is 0.900 bits per heavy atom. The lowest BCUT2D eigenvalue weighted by Gasteiger charge is -2.18. The molecule has 0 bridgehead atoms. The molecule has 1 atom stereocenters. The molecule has 1 N–H and O–H groups in total. The summed E-state index contributed by atoms with van der Waals surface area (Å²) in [7, 11) is 0. The molecule has 0 aliphatic rings. The van der Waals surface area contributed by atoms with E-state index < -0.39 is 0 Å². The van der Waals surface area contributed by atoms with Crippen molar-refractivity contribution in [3.63, 3.8) is 0 Å². The lowest BCUT2D eigenvalue weighted by atomic mass is 9.98. The summed E-state index contributed by atoms with van der Waals surface area (Å²) in [4.78, 5) is 0. The summed E-state index contributed by atoms with van der Waals surface area (Å²) in [5.41, 5.74) is 4.19. The van der Waals surface area contributed by atoms with Gasteiger partial charge in [-0.15, -0.1) is 0 Å². The monoisotopic (exact) mass is 267 g/mol. The molecule has 0 spiro atoms. The first-order valence-corrected chi connectivity index (χ1v) is 7.60. The van der Waals surface area contributed by atoms with Crippen molar-refractivity contribution < 1.29 is 0 Å². The third kappa shape index (κ3) is 4.82. The zero-order valence-corrected chi connectivity index (χ0v) is 12.6. The van der Waals surface area contributed by atoms with Crippen molar-refractivity contribution in [2.24, 2.45) is 0 Å². The second-order valence-electron chi connectivity index (χ2n) is 5.47. The molecule has 2 aromatic rings. The summed E-state index contributed by atoms with van der Waals surface area (Å²) >= 11 is 0. The molecule has 2 aromatic carbocycles. The number of likely N-dealkylation sites (N-methyl/N-ethyl adjacent to an activating group) is 1. The molecule has 0 saturated heterocycles. The SMILES string of the molecule is CCNC(CCc1ccccc1)Cc1ccc(C)cc1. The molecule has 1 unspecified atom stereocenters. The highest BCUT2D eigenvalue weighted by atomic mass is 14.9. The number of hydrogen-bond acceptors (Lipinski definition) is 1. The summed E-state index contributed by atoms with van der Waals surface area (Å²) in [6, 6.07) is 20.2. The fourth-order valence-electron chi connectivity index (χ4n) is 2.56. The predicted molar refractivity (Wildman–Crippen MR) is 87.1 cm³/mol.